The average molecular weight is 1020 g/mol. The lowest BCUT2D eigenvalue weighted by Crippen LogP contribution is -3.11. The van der Waals surface area contributed by atoms with Gasteiger partial charge >= 0.3 is 11.9 Å². The number of nitrogens with one attached hydrogen (secondary N) is 1. The fourth-order valence-electron chi connectivity index (χ4n) is 11.8. The molecule has 7 nitrogen and oxygen atoms in total. The predicted molar refractivity (Wildman–Crippen MR) is 311 cm³/mol. The number of carbonyl (C=O) groups is 2. The van der Waals surface area contributed by atoms with E-state index in [-0.39, 0.29) is 24.3 Å². The van der Waals surface area contributed by atoms with E-state index >= 15 is 0 Å². The van der Waals surface area contributed by atoms with Crippen LogP contribution >= 0.6 is 11.8 Å². The van der Waals surface area contributed by atoms with Crippen molar-refractivity contribution in [3.63, 3.8) is 0 Å². The molecule has 2 aromatic carbocycles. The molecule has 1 fully saturated rings. The van der Waals surface area contributed by atoms with Crippen LogP contribution in [0.25, 0.3) is 11.1 Å². The number of quaternary nitrogens is 1. The number of unbranched alkanes of at least 4 members (excludes halogenated alkanes) is 30. The van der Waals surface area contributed by atoms with Gasteiger partial charge in [0, 0.05) is 24.4 Å². The zero-order chi connectivity index (χ0) is 52.0. The second kappa shape index (κ2) is 38.7. The molecular weight excluding hydrogens is 919 g/mol. The highest BCUT2D eigenvalue weighted by Crippen LogP contribution is 2.47. The zero-order valence-corrected chi connectivity index (χ0v) is 47.1. The first kappa shape index (κ1) is 61.7. The monoisotopic (exact) mass is 1020 g/mol. The highest BCUT2D eigenvalue weighted by Gasteiger charge is 2.53. The number of hydrogen-bond acceptors (Lipinski definition) is 5. The van der Waals surface area contributed by atoms with Gasteiger partial charge < -0.3 is 15.1 Å². The first-order valence-electron chi connectivity index (χ1n) is 30.2. The summed E-state index contributed by atoms with van der Waals surface area (Å²) in [6, 6.07) is 20.1. The molecule has 0 saturated carbocycles. The molecule has 2 aliphatic rings. The van der Waals surface area contributed by atoms with Crippen molar-refractivity contribution in [1.82, 2.24) is 4.90 Å². The third kappa shape index (κ3) is 24.2. The van der Waals surface area contributed by atoms with Crippen LogP contribution in [-0.2, 0) is 15.0 Å². The summed E-state index contributed by atoms with van der Waals surface area (Å²) >= 11 is 1.70. The van der Waals surface area contributed by atoms with Gasteiger partial charge in [-0.25, -0.2) is 0 Å². The van der Waals surface area contributed by atoms with Gasteiger partial charge in [-0.15, -0.1) is 11.8 Å². The molecule has 4 rings (SSSR count). The van der Waals surface area contributed by atoms with E-state index in [0.717, 1.165) is 43.0 Å². The lowest BCUT2D eigenvalue weighted by Gasteiger charge is -2.35. The number of carboxylic acid groups (broad SMARTS) is 2. The van der Waals surface area contributed by atoms with Gasteiger partial charge in [-0.05, 0) is 66.5 Å². The van der Waals surface area contributed by atoms with Crippen LogP contribution < -0.4 is 4.90 Å². The topological polar surface area (TPSA) is 106 Å². The third-order valence-electron chi connectivity index (χ3n) is 16.1. The summed E-state index contributed by atoms with van der Waals surface area (Å²) in [4.78, 5) is 27.0. The van der Waals surface area contributed by atoms with Crippen molar-refractivity contribution >= 4 is 29.4 Å². The van der Waals surface area contributed by atoms with Crippen molar-refractivity contribution in [2.24, 2.45) is 0 Å². The zero-order valence-electron chi connectivity index (χ0n) is 46.3. The number of rotatable bonds is 44. The number of aliphatic carboxylic acids is 2. The van der Waals surface area contributed by atoms with Gasteiger partial charge in [0.25, 0.3) is 0 Å². The Morgan fingerprint density at radius 1 is 0.644 bits per heavy atom. The molecule has 8 heteroatoms. The second-order valence-electron chi connectivity index (χ2n) is 21.9. The number of fused-ring (bicyclic) bond motifs is 1. The van der Waals surface area contributed by atoms with E-state index in [2.05, 4.69) is 79.4 Å². The largest absolute Gasteiger partial charge is 0.481 e. The predicted octanol–water partition coefficient (Wildman–Crippen LogP) is 17.6. The van der Waals surface area contributed by atoms with Crippen LogP contribution in [0.1, 0.15) is 251 Å². The van der Waals surface area contributed by atoms with E-state index in [1.54, 1.807) is 11.8 Å². The van der Waals surface area contributed by atoms with E-state index in [1.165, 1.54) is 220 Å². The SMILES string of the molecule is CCCCCCCCCCCCCCCCCCC1(CCCCCCCCCCCCCCCCCC)c2cc(-c3ccccc3)ccc2[NH+](CCC(=O)O)C1/C=C/C(C#N)=C/C=C1\SCCN1CCC(=O)O. The minimum atomic E-state index is -0.807. The van der Waals surface area contributed by atoms with Gasteiger partial charge in [-0.3, -0.25) is 14.5 Å². The van der Waals surface area contributed by atoms with E-state index < -0.39 is 11.9 Å². The molecule has 0 bridgehead atoms. The molecule has 1 saturated heterocycles. The van der Waals surface area contributed by atoms with Crippen LogP contribution in [0.5, 0.6) is 0 Å². The second-order valence-corrected chi connectivity index (χ2v) is 23.0. The Balaban J connectivity index is 1.51. The van der Waals surface area contributed by atoms with E-state index in [0.29, 0.717) is 18.7 Å². The average Bonchev–Trinajstić information content (AvgIpc) is 3.96. The van der Waals surface area contributed by atoms with Crippen molar-refractivity contribution in [2.75, 3.05) is 25.4 Å². The molecule has 3 N–H and O–H groups in total. The molecule has 2 aliphatic heterocycles. The maximum atomic E-state index is 12.4. The van der Waals surface area contributed by atoms with Crippen molar-refractivity contribution in [2.45, 2.75) is 256 Å². The van der Waals surface area contributed by atoms with Crippen molar-refractivity contribution in [3.05, 3.63) is 89.0 Å². The Morgan fingerprint density at radius 3 is 1.56 bits per heavy atom. The van der Waals surface area contributed by atoms with Crippen molar-refractivity contribution in [3.8, 4) is 17.2 Å². The number of nitrogens with zero attached hydrogens (tertiary/aromatic N) is 2. The first-order chi connectivity index (χ1) is 35.8. The van der Waals surface area contributed by atoms with Gasteiger partial charge in [-0.2, -0.15) is 5.26 Å². The van der Waals surface area contributed by atoms with Gasteiger partial charge in [0.2, 0.25) is 0 Å². The molecule has 406 valence electrons. The van der Waals surface area contributed by atoms with Gasteiger partial charge in [-0.1, -0.05) is 250 Å². The standard InChI is InChI=1S/C65H101N3O4S/c1-3-5-7-9-11-13-15-17-19-21-23-25-27-29-31-36-48-65(49-37-32-30-28-26-24-22-20-18-16-14-12-10-8-6-4-2)59-54-58(57-38-34-33-35-39-57)42-43-60(59)68(51-47-64(71)72)61(65)44-40-56(55-66)41-45-62-67(52-53-73-62)50-46-63(69)70/h33-35,38-45,54,61H,3-32,36-37,46-53H2,1-2H3,(H,69,70)(H,71,72)/p+1/b44-40+,56-41-,62-45-. The lowest BCUT2D eigenvalue weighted by molar-refractivity contribution is -0.850. The molecule has 0 amide bonds. The smallest absolute Gasteiger partial charge is 0.309 e. The van der Waals surface area contributed by atoms with Crippen LogP contribution in [0.2, 0.25) is 0 Å². The van der Waals surface area contributed by atoms with Gasteiger partial charge in [0.05, 0.1) is 41.5 Å². The Kier molecular flexibility index (Phi) is 32.7. The van der Waals surface area contributed by atoms with E-state index in [1.807, 2.05) is 18.2 Å². The minimum Gasteiger partial charge on any atom is -0.481 e. The molecule has 73 heavy (non-hydrogen) atoms. The number of benzene rings is 2. The highest BCUT2D eigenvalue weighted by molar-refractivity contribution is 8.03. The Morgan fingerprint density at radius 2 is 1.11 bits per heavy atom. The Bertz CT molecular complexity index is 1900. The quantitative estimate of drug-likeness (QED) is 0.0345. The van der Waals surface area contributed by atoms with Gasteiger partial charge in [0.1, 0.15) is 11.7 Å². The molecule has 0 aliphatic carbocycles. The van der Waals surface area contributed by atoms with Crippen molar-refractivity contribution in [1.29, 1.82) is 5.26 Å². The van der Waals surface area contributed by atoms with E-state index in [4.69, 9.17) is 0 Å². The van der Waals surface area contributed by atoms with Crippen LogP contribution in [-0.4, -0.2) is 58.5 Å². The summed E-state index contributed by atoms with van der Waals surface area (Å²) in [5.41, 5.74) is 5.31. The molecule has 0 radical (unpaired) electrons. The fraction of sp³-hybridized carbons (Fsp3) is 0.677. The number of carboxylic acids is 2. The van der Waals surface area contributed by atoms with Crippen molar-refractivity contribution < 1.29 is 24.7 Å². The summed E-state index contributed by atoms with van der Waals surface area (Å²) in [6.07, 6.45) is 53.1. The molecule has 2 atom stereocenters. The van der Waals surface area contributed by atoms with Crippen LogP contribution in [0.4, 0.5) is 5.69 Å². The highest BCUT2D eigenvalue weighted by atomic mass is 32.2. The Hall–Kier alpha value is -3.80. The summed E-state index contributed by atoms with van der Waals surface area (Å²) in [7, 11) is 0. The number of allylic oxidation sites excluding steroid dienone is 4. The fourth-order valence-corrected chi connectivity index (χ4v) is 12.8. The summed E-state index contributed by atoms with van der Waals surface area (Å²) in [5.74, 6) is -0.694. The third-order valence-corrected chi connectivity index (χ3v) is 17.1. The maximum Gasteiger partial charge on any atom is 0.309 e. The lowest BCUT2D eigenvalue weighted by atomic mass is 9.68. The summed E-state index contributed by atoms with van der Waals surface area (Å²) in [6.45, 7) is 6.31. The molecule has 2 unspecified atom stereocenters. The molecule has 0 aromatic heterocycles. The summed E-state index contributed by atoms with van der Waals surface area (Å²) < 4.78 is 0. The van der Waals surface area contributed by atoms with Crippen LogP contribution in [0.15, 0.2) is 83.4 Å². The van der Waals surface area contributed by atoms with Gasteiger partial charge in [0.15, 0.2) is 0 Å². The number of nitriles is 1. The molecule has 0 spiro atoms. The molecule has 2 heterocycles. The summed E-state index contributed by atoms with van der Waals surface area (Å²) in [5, 5.41) is 31.0. The number of thioether (sulfide) groups is 1. The number of hydrogen-bond donors (Lipinski definition) is 3. The Labute approximate surface area is 450 Å². The molecular formula is C65H102N3O4S+. The maximum absolute atomic E-state index is 12.4. The first-order valence-corrected chi connectivity index (χ1v) is 31.2. The molecule has 2 aromatic rings. The van der Waals surface area contributed by atoms with Crippen LogP contribution in [0, 0.1) is 11.3 Å². The van der Waals surface area contributed by atoms with Crippen LogP contribution in [0.3, 0.4) is 0 Å². The van der Waals surface area contributed by atoms with E-state index in [9.17, 15) is 25.1 Å². The normalized spacial score (nSPS) is 17.0. The minimum absolute atomic E-state index is 0.0297.